The predicted molar refractivity (Wildman–Crippen MR) is 123 cm³/mol. The van der Waals surface area contributed by atoms with Gasteiger partial charge in [-0.2, -0.15) is 0 Å². The van der Waals surface area contributed by atoms with Crippen molar-refractivity contribution < 1.29 is 19.5 Å². The molecule has 0 saturated carbocycles. The summed E-state index contributed by atoms with van der Waals surface area (Å²) < 4.78 is 0. The summed E-state index contributed by atoms with van der Waals surface area (Å²) in [5.74, 6) is -0.671. The van der Waals surface area contributed by atoms with Gasteiger partial charge in [0.05, 0.1) is 5.41 Å². The lowest BCUT2D eigenvalue weighted by molar-refractivity contribution is -0.146. The minimum absolute atomic E-state index is 0.0170. The van der Waals surface area contributed by atoms with E-state index in [2.05, 4.69) is 6.07 Å². The first kappa shape index (κ1) is 24.5. The zero-order valence-corrected chi connectivity index (χ0v) is 19.3. The van der Waals surface area contributed by atoms with E-state index in [9.17, 15) is 19.5 Å². The Hall–Kier alpha value is -2.75. The third-order valence-electron chi connectivity index (χ3n) is 5.98. The number of Topliss-reactive ketones (excluding diaryl/α,β-unsaturated/α-hetero) is 2. The molecule has 1 N–H and O–H groups in total. The van der Waals surface area contributed by atoms with Crippen molar-refractivity contribution >= 4 is 17.5 Å². The molecule has 0 bridgehead atoms. The Balaban J connectivity index is 2.14. The highest BCUT2D eigenvalue weighted by Crippen LogP contribution is 2.24. The van der Waals surface area contributed by atoms with Gasteiger partial charge in [0, 0.05) is 11.8 Å². The number of carboxylic acid groups (broad SMARTS) is 1. The number of aliphatic carboxylic acids is 1. The molecule has 2 aromatic carbocycles. The van der Waals surface area contributed by atoms with Crippen LogP contribution in [0.5, 0.6) is 0 Å². The average Bonchev–Trinajstić information content (AvgIpc) is 2.67. The largest absolute Gasteiger partial charge is 0.481 e. The highest BCUT2D eigenvalue weighted by Gasteiger charge is 2.27. The molecule has 0 fully saturated rings. The molecule has 0 aromatic heterocycles. The van der Waals surface area contributed by atoms with Gasteiger partial charge >= 0.3 is 5.97 Å². The predicted octanol–water partition coefficient (Wildman–Crippen LogP) is 5.10. The number of ketones is 2. The molecule has 0 amide bonds. The highest BCUT2D eigenvalue weighted by molar-refractivity contribution is 5.79. The van der Waals surface area contributed by atoms with Crippen LogP contribution in [-0.4, -0.2) is 22.6 Å². The van der Waals surface area contributed by atoms with Gasteiger partial charge in [0.15, 0.2) is 0 Å². The first-order valence-corrected chi connectivity index (χ1v) is 10.9. The zero-order valence-electron chi connectivity index (χ0n) is 19.3. The number of rotatable bonds is 11. The van der Waals surface area contributed by atoms with E-state index < -0.39 is 11.4 Å². The number of hydrogen-bond acceptors (Lipinski definition) is 3. The topological polar surface area (TPSA) is 71.4 Å². The van der Waals surface area contributed by atoms with Gasteiger partial charge in [-0.25, -0.2) is 0 Å². The zero-order chi connectivity index (χ0) is 23.2. The fourth-order valence-corrected chi connectivity index (χ4v) is 3.76. The third-order valence-corrected chi connectivity index (χ3v) is 5.98. The van der Waals surface area contributed by atoms with E-state index in [4.69, 9.17) is 0 Å². The second-order valence-electron chi connectivity index (χ2n) is 9.44. The molecule has 2 rings (SSSR count). The van der Waals surface area contributed by atoms with Crippen LogP contribution in [0, 0.1) is 17.3 Å². The van der Waals surface area contributed by atoms with Crippen LogP contribution in [0.1, 0.15) is 56.9 Å². The monoisotopic (exact) mass is 422 g/mol. The lowest BCUT2D eigenvalue weighted by atomic mass is 9.84. The molecule has 4 nitrogen and oxygen atoms in total. The lowest BCUT2D eigenvalue weighted by Gasteiger charge is -2.20. The number of carboxylic acids is 1. The minimum atomic E-state index is -0.837. The van der Waals surface area contributed by atoms with Crippen LogP contribution in [0.25, 0.3) is 0 Å². The summed E-state index contributed by atoms with van der Waals surface area (Å²) in [6.45, 7) is 8.63. The molecule has 0 heterocycles. The van der Waals surface area contributed by atoms with E-state index in [1.165, 1.54) is 0 Å². The fourth-order valence-electron chi connectivity index (χ4n) is 3.76. The second-order valence-corrected chi connectivity index (χ2v) is 9.44. The molecule has 2 aromatic rings. The number of carbonyl (C=O) groups excluding carboxylic acids is 2. The van der Waals surface area contributed by atoms with Gasteiger partial charge in [-0.05, 0) is 75.6 Å². The van der Waals surface area contributed by atoms with E-state index in [0.29, 0.717) is 25.7 Å². The van der Waals surface area contributed by atoms with Gasteiger partial charge in [0.2, 0.25) is 0 Å². The van der Waals surface area contributed by atoms with E-state index >= 15 is 0 Å². The van der Waals surface area contributed by atoms with Crippen LogP contribution in [0.15, 0.2) is 48.5 Å². The molecular weight excluding hydrogens is 388 g/mol. The molecule has 0 spiro atoms. The minimum Gasteiger partial charge on any atom is -0.481 e. The van der Waals surface area contributed by atoms with E-state index in [1.807, 2.05) is 49.4 Å². The Morgan fingerprint density at radius 2 is 1.26 bits per heavy atom. The van der Waals surface area contributed by atoms with Crippen LogP contribution in [0.3, 0.4) is 0 Å². The van der Waals surface area contributed by atoms with Gasteiger partial charge in [-0.15, -0.1) is 0 Å². The van der Waals surface area contributed by atoms with Crippen molar-refractivity contribution in [3.05, 3.63) is 70.8 Å². The molecule has 0 saturated heterocycles. The maximum Gasteiger partial charge on any atom is 0.309 e. The Morgan fingerprint density at radius 3 is 1.71 bits per heavy atom. The molecule has 0 aliphatic heterocycles. The Kier molecular flexibility index (Phi) is 8.32. The summed E-state index contributed by atoms with van der Waals surface area (Å²) in [5.41, 5.74) is 3.38. The maximum absolute atomic E-state index is 12.4. The number of benzene rings is 2. The lowest BCUT2D eigenvalue weighted by Crippen LogP contribution is -2.26. The molecule has 166 valence electrons. The van der Waals surface area contributed by atoms with Crippen LogP contribution < -0.4 is 0 Å². The van der Waals surface area contributed by atoms with Gasteiger partial charge in [-0.1, -0.05) is 55.5 Å². The SMILES string of the molecule is CC(=O)C(C)Cc1cccc(CC(Cc2cccc(CC(C)(C)C(=O)O)c2)C(C)=O)c1. The van der Waals surface area contributed by atoms with Gasteiger partial charge in [0.25, 0.3) is 0 Å². The van der Waals surface area contributed by atoms with Crippen molar-refractivity contribution in [1.29, 1.82) is 0 Å². The van der Waals surface area contributed by atoms with Crippen molar-refractivity contribution in [1.82, 2.24) is 0 Å². The number of hydrogen-bond donors (Lipinski definition) is 1. The second kappa shape index (κ2) is 10.5. The first-order valence-electron chi connectivity index (χ1n) is 10.9. The molecule has 4 heteroatoms. The van der Waals surface area contributed by atoms with Gasteiger partial charge in [0.1, 0.15) is 11.6 Å². The molecule has 0 aliphatic carbocycles. The van der Waals surface area contributed by atoms with E-state index in [0.717, 1.165) is 22.3 Å². The third kappa shape index (κ3) is 7.46. The molecule has 0 radical (unpaired) electrons. The van der Waals surface area contributed by atoms with Crippen molar-refractivity contribution in [2.24, 2.45) is 17.3 Å². The fraction of sp³-hybridized carbons (Fsp3) is 0.444. The maximum atomic E-state index is 12.4. The van der Waals surface area contributed by atoms with Crippen LogP contribution in [-0.2, 0) is 40.1 Å². The summed E-state index contributed by atoms with van der Waals surface area (Å²) in [7, 11) is 0. The number of carbonyl (C=O) groups is 3. The average molecular weight is 423 g/mol. The smallest absolute Gasteiger partial charge is 0.309 e. The molecule has 2 atom stereocenters. The normalized spacial score (nSPS) is 13.5. The van der Waals surface area contributed by atoms with Crippen molar-refractivity contribution in [3.8, 4) is 0 Å². The van der Waals surface area contributed by atoms with Gasteiger partial charge < -0.3 is 5.11 Å². The Morgan fingerprint density at radius 1 is 0.806 bits per heavy atom. The van der Waals surface area contributed by atoms with E-state index in [1.54, 1.807) is 27.7 Å². The first-order chi connectivity index (χ1) is 14.5. The van der Waals surface area contributed by atoms with Crippen molar-refractivity contribution in [2.45, 2.75) is 60.3 Å². The van der Waals surface area contributed by atoms with Crippen molar-refractivity contribution in [3.63, 3.8) is 0 Å². The standard InChI is InChI=1S/C27H34O4/c1-18(19(2)28)12-21-8-6-9-22(13-21)15-25(20(3)29)16-23-10-7-11-24(14-23)17-27(4,5)26(30)31/h6-11,13-14,18,25H,12,15-17H2,1-5H3,(H,30,31). The van der Waals surface area contributed by atoms with Gasteiger partial charge in [-0.3, -0.25) is 14.4 Å². The summed E-state index contributed by atoms with van der Waals surface area (Å²) in [6.07, 6.45) is 2.40. The van der Waals surface area contributed by atoms with Crippen LogP contribution >= 0.6 is 0 Å². The Labute approximate surface area is 185 Å². The summed E-state index contributed by atoms with van der Waals surface area (Å²) >= 11 is 0. The quantitative estimate of drug-likeness (QED) is 0.547. The Bertz CT molecular complexity index is 942. The molecule has 0 aliphatic rings. The van der Waals surface area contributed by atoms with Crippen LogP contribution in [0.4, 0.5) is 0 Å². The summed E-state index contributed by atoms with van der Waals surface area (Å²) in [5, 5.41) is 9.40. The molecular formula is C27H34O4. The summed E-state index contributed by atoms with van der Waals surface area (Å²) in [6, 6.07) is 16.0. The molecule has 31 heavy (non-hydrogen) atoms. The summed E-state index contributed by atoms with van der Waals surface area (Å²) in [4.78, 5) is 35.4. The molecule has 2 unspecified atom stereocenters. The van der Waals surface area contributed by atoms with Crippen molar-refractivity contribution in [2.75, 3.05) is 0 Å². The highest BCUT2D eigenvalue weighted by atomic mass is 16.4. The van der Waals surface area contributed by atoms with E-state index in [-0.39, 0.29) is 23.4 Å². The van der Waals surface area contributed by atoms with Crippen LogP contribution in [0.2, 0.25) is 0 Å².